The van der Waals surface area contributed by atoms with E-state index in [-0.39, 0.29) is 24.8 Å². The molecule has 0 bridgehead atoms. The number of carbonyl (C=O) groups excluding carboxylic acids is 3. The predicted molar refractivity (Wildman–Crippen MR) is 125 cm³/mol. The van der Waals surface area contributed by atoms with Crippen molar-refractivity contribution < 1.29 is 33.1 Å². The fraction of sp³-hybridized carbons (Fsp3) is 0.200. The van der Waals surface area contributed by atoms with Crippen LogP contribution in [0, 0.1) is 13.8 Å². The van der Waals surface area contributed by atoms with Gasteiger partial charge in [-0.25, -0.2) is 4.79 Å². The van der Waals surface area contributed by atoms with E-state index in [0.717, 1.165) is 5.56 Å². The summed E-state index contributed by atoms with van der Waals surface area (Å²) in [6, 6.07) is 8.55. The molecule has 1 aromatic carbocycles. The Kier molecular flexibility index (Phi) is 8.23. The van der Waals surface area contributed by atoms with E-state index in [2.05, 4.69) is 16.0 Å². The Bertz CT molecular complexity index is 1200. The number of rotatable bonds is 10. The summed E-state index contributed by atoms with van der Waals surface area (Å²) in [4.78, 5) is 48.5. The van der Waals surface area contributed by atoms with Gasteiger partial charge in [-0.15, -0.1) is 0 Å². The molecule has 2 aromatic heterocycles. The molecule has 182 valence electrons. The minimum absolute atomic E-state index is 0.0336. The SMILES string of the molecule is Cc1cc(CNC(=O)/C=C/c2ccco2)cc(C)c1C(=O)N[C@@H](CNC(=O)c1ccco1)C(=O)O. The molecular weight excluding hydrogens is 454 g/mol. The largest absolute Gasteiger partial charge is 0.480 e. The van der Waals surface area contributed by atoms with E-state index >= 15 is 0 Å². The summed E-state index contributed by atoms with van der Waals surface area (Å²) in [6.45, 7) is 3.35. The monoisotopic (exact) mass is 479 g/mol. The molecule has 0 aliphatic heterocycles. The summed E-state index contributed by atoms with van der Waals surface area (Å²) in [5.41, 5.74) is 2.32. The quantitative estimate of drug-likeness (QED) is 0.326. The Balaban J connectivity index is 1.60. The van der Waals surface area contributed by atoms with E-state index < -0.39 is 23.8 Å². The highest BCUT2D eigenvalue weighted by molar-refractivity contribution is 5.99. The Morgan fingerprint density at radius 1 is 0.971 bits per heavy atom. The molecule has 3 rings (SSSR count). The lowest BCUT2D eigenvalue weighted by molar-refractivity contribution is -0.139. The first kappa shape index (κ1) is 25.0. The van der Waals surface area contributed by atoms with Crippen LogP contribution >= 0.6 is 0 Å². The second kappa shape index (κ2) is 11.5. The summed E-state index contributed by atoms with van der Waals surface area (Å²) in [5, 5.41) is 17.1. The minimum atomic E-state index is -1.35. The van der Waals surface area contributed by atoms with Gasteiger partial charge in [0.2, 0.25) is 5.91 Å². The summed E-state index contributed by atoms with van der Waals surface area (Å²) in [5.74, 6) is -2.19. The number of carboxylic acids is 1. The standard InChI is InChI=1S/C25H25N3O7/c1-15-11-17(13-26-21(29)8-7-18-5-3-9-34-18)12-16(2)22(15)24(31)28-19(25(32)33)14-27-23(30)20-6-4-10-35-20/h3-12,19H,13-14H2,1-2H3,(H,26,29)(H,27,30)(H,28,31)(H,32,33)/b8-7+/t19-/m0/s1. The minimum Gasteiger partial charge on any atom is -0.480 e. The van der Waals surface area contributed by atoms with Gasteiger partial charge in [0.1, 0.15) is 11.8 Å². The van der Waals surface area contributed by atoms with Crippen LogP contribution in [0.25, 0.3) is 6.08 Å². The maximum absolute atomic E-state index is 12.9. The van der Waals surface area contributed by atoms with Gasteiger partial charge in [0.25, 0.3) is 11.8 Å². The zero-order valence-corrected chi connectivity index (χ0v) is 19.2. The molecule has 4 N–H and O–H groups in total. The third-order valence-corrected chi connectivity index (χ3v) is 5.04. The van der Waals surface area contributed by atoms with Gasteiger partial charge in [-0.05, 0) is 60.9 Å². The number of hydrogen-bond acceptors (Lipinski definition) is 6. The highest BCUT2D eigenvalue weighted by Crippen LogP contribution is 2.17. The molecule has 0 unspecified atom stereocenters. The van der Waals surface area contributed by atoms with Gasteiger partial charge in [-0.2, -0.15) is 0 Å². The van der Waals surface area contributed by atoms with Crippen LogP contribution in [0.5, 0.6) is 0 Å². The fourth-order valence-corrected chi connectivity index (χ4v) is 3.43. The molecule has 0 spiro atoms. The van der Waals surface area contributed by atoms with Crippen molar-refractivity contribution in [3.05, 3.63) is 88.8 Å². The summed E-state index contributed by atoms with van der Waals surface area (Å²) < 4.78 is 10.1. The topological polar surface area (TPSA) is 151 Å². The normalized spacial score (nSPS) is 11.7. The van der Waals surface area contributed by atoms with E-state index in [9.17, 15) is 24.3 Å². The van der Waals surface area contributed by atoms with E-state index in [1.165, 1.54) is 30.7 Å². The van der Waals surface area contributed by atoms with Crippen molar-refractivity contribution in [1.82, 2.24) is 16.0 Å². The van der Waals surface area contributed by atoms with Crippen LogP contribution in [0.15, 0.2) is 63.8 Å². The zero-order chi connectivity index (χ0) is 25.4. The third-order valence-electron chi connectivity index (χ3n) is 5.04. The van der Waals surface area contributed by atoms with Gasteiger partial charge in [0.05, 0.1) is 12.5 Å². The van der Waals surface area contributed by atoms with E-state index in [1.807, 2.05) is 0 Å². The number of aliphatic carboxylic acids is 1. The molecule has 10 heteroatoms. The van der Waals surface area contributed by atoms with E-state index in [1.54, 1.807) is 44.2 Å². The number of aryl methyl sites for hydroxylation is 2. The predicted octanol–water partition coefficient (Wildman–Crippen LogP) is 2.43. The van der Waals surface area contributed by atoms with Crippen LogP contribution in [0.2, 0.25) is 0 Å². The molecule has 35 heavy (non-hydrogen) atoms. The van der Waals surface area contributed by atoms with Crippen molar-refractivity contribution in [1.29, 1.82) is 0 Å². The highest BCUT2D eigenvalue weighted by atomic mass is 16.4. The number of nitrogens with one attached hydrogen (secondary N) is 3. The van der Waals surface area contributed by atoms with Crippen molar-refractivity contribution in [3.8, 4) is 0 Å². The third kappa shape index (κ3) is 6.94. The summed E-state index contributed by atoms with van der Waals surface area (Å²) >= 11 is 0. The van der Waals surface area contributed by atoms with Gasteiger partial charge in [-0.1, -0.05) is 12.1 Å². The lowest BCUT2D eigenvalue weighted by Crippen LogP contribution is -2.48. The van der Waals surface area contributed by atoms with Gasteiger partial charge in [-0.3, -0.25) is 14.4 Å². The number of carbonyl (C=O) groups is 4. The lowest BCUT2D eigenvalue weighted by atomic mass is 9.98. The van der Waals surface area contributed by atoms with Crippen molar-refractivity contribution in [3.63, 3.8) is 0 Å². The molecule has 2 heterocycles. The molecule has 0 aliphatic rings. The smallest absolute Gasteiger partial charge is 0.328 e. The van der Waals surface area contributed by atoms with E-state index in [4.69, 9.17) is 8.83 Å². The molecule has 0 saturated carbocycles. The zero-order valence-electron chi connectivity index (χ0n) is 19.2. The first-order valence-electron chi connectivity index (χ1n) is 10.7. The first-order chi connectivity index (χ1) is 16.7. The van der Waals surface area contributed by atoms with E-state index in [0.29, 0.717) is 22.5 Å². The average Bonchev–Trinajstić information content (AvgIpc) is 3.52. The number of amides is 3. The first-order valence-corrected chi connectivity index (χ1v) is 10.7. The van der Waals surface area contributed by atoms with Crippen LogP contribution in [-0.2, 0) is 16.1 Å². The van der Waals surface area contributed by atoms with Crippen molar-refractivity contribution in [2.75, 3.05) is 6.54 Å². The second-order valence-corrected chi connectivity index (χ2v) is 7.72. The van der Waals surface area contributed by atoms with Gasteiger partial charge >= 0.3 is 5.97 Å². The average molecular weight is 479 g/mol. The number of furan rings is 2. The molecule has 1 atom stereocenters. The second-order valence-electron chi connectivity index (χ2n) is 7.72. The molecular formula is C25H25N3O7. The van der Waals surface area contributed by atoms with Crippen LogP contribution in [0.4, 0.5) is 0 Å². The molecule has 3 aromatic rings. The Morgan fingerprint density at radius 3 is 2.26 bits per heavy atom. The summed E-state index contributed by atoms with van der Waals surface area (Å²) in [6.07, 6.45) is 5.74. The van der Waals surface area contributed by atoms with Crippen molar-refractivity contribution in [2.45, 2.75) is 26.4 Å². The maximum Gasteiger partial charge on any atom is 0.328 e. The number of hydrogen-bond donors (Lipinski definition) is 4. The Morgan fingerprint density at radius 2 is 1.66 bits per heavy atom. The molecule has 3 amide bonds. The Hall–Kier alpha value is -4.60. The highest BCUT2D eigenvalue weighted by Gasteiger charge is 2.24. The van der Waals surface area contributed by atoms with Crippen molar-refractivity contribution >= 4 is 29.8 Å². The van der Waals surface area contributed by atoms with Gasteiger partial charge < -0.3 is 29.9 Å². The maximum atomic E-state index is 12.9. The molecule has 10 nitrogen and oxygen atoms in total. The summed E-state index contributed by atoms with van der Waals surface area (Å²) in [7, 11) is 0. The fourth-order valence-electron chi connectivity index (χ4n) is 3.43. The molecule has 0 radical (unpaired) electrons. The Labute approximate surface area is 201 Å². The molecule has 0 saturated heterocycles. The van der Waals surface area contributed by atoms with Gasteiger partial charge in [0.15, 0.2) is 5.76 Å². The number of carboxylic acid groups (broad SMARTS) is 1. The van der Waals surface area contributed by atoms with Crippen molar-refractivity contribution in [2.24, 2.45) is 0 Å². The lowest BCUT2D eigenvalue weighted by Gasteiger charge is -2.18. The van der Waals surface area contributed by atoms with Crippen LogP contribution in [0.1, 0.15) is 43.4 Å². The van der Waals surface area contributed by atoms with Crippen LogP contribution in [0.3, 0.4) is 0 Å². The van der Waals surface area contributed by atoms with Crippen LogP contribution in [-0.4, -0.2) is 41.4 Å². The van der Waals surface area contributed by atoms with Crippen LogP contribution < -0.4 is 16.0 Å². The molecule has 0 fully saturated rings. The number of benzene rings is 1. The van der Waals surface area contributed by atoms with Gasteiger partial charge in [0, 0.05) is 24.7 Å². The molecule has 0 aliphatic carbocycles.